The second-order valence-electron chi connectivity index (χ2n) is 6.50. The number of allylic oxidation sites excluding steroid dienone is 1. The Morgan fingerprint density at radius 2 is 2.05 bits per heavy atom. The van der Waals surface area contributed by atoms with Crippen molar-refractivity contribution in [1.82, 2.24) is 0 Å². The van der Waals surface area contributed by atoms with Crippen LogP contribution >= 0.6 is 0 Å². The molecule has 21 heavy (non-hydrogen) atoms. The van der Waals surface area contributed by atoms with Crippen LogP contribution in [0.4, 0.5) is 0 Å². The number of rotatable bonds is 2. The molecule has 0 radical (unpaired) electrons. The van der Waals surface area contributed by atoms with Gasteiger partial charge in [0.15, 0.2) is 11.5 Å². The standard InChI is InChI=1S/C18H24O3/c1-10-7-11(2)17-12(3)14(10)9-21-18(17)13-5-6-15(19)16(8-13)20-4/h5-8,10,12,14,17-19H,9H2,1-4H3/t10?,12?,14-,17+,18?/m1/s1. The maximum absolute atomic E-state index is 9.77. The van der Waals surface area contributed by atoms with Gasteiger partial charge in [-0.25, -0.2) is 0 Å². The second kappa shape index (κ2) is 5.38. The van der Waals surface area contributed by atoms with Crippen LogP contribution in [0.25, 0.3) is 0 Å². The maximum atomic E-state index is 9.77. The first-order chi connectivity index (χ1) is 10.0. The third kappa shape index (κ3) is 2.34. The van der Waals surface area contributed by atoms with Crippen molar-refractivity contribution in [3.8, 4) is 11.5 Å². The molecule has 2 aliphatic rings. The van der Waals surface area contributed by atoms with Gasteiger partial charge in [-0.1, -0.05) is 31.6 Å². The van der Waals surface area contributed by atoms with Crippen LogP contribution in [0, 0.1) is 23.7 Å². The van der Waals surface area contributed by atoms with Crippen molar-refractivity contribution >= 4 is 0 Å². The number of phenols is 1. The third-order valence-electron chi connectivity index (χ3n) is 5.30. The van der Waals surface area contributed by atoms with Gasteiger partial charge in [0.2, 0.25) is 0 Å². The molecule has 1 aliphatic carbocycles. The normalized spacial score (nSPS) is 35.2. The molecule has 0 aromatic heterocycles. The molecule has 2 bridgehead atoms. The number of fused-ring (bicyclic) bond motifs is 2. The molecule has 114 valence electrons. The van der Waals surface area contributed by atoms with Crippen LogP contribution in [0.1, 0.15) is 32.4 Å². The van der Waals surface area contributed by atoms with Gasteiger partial charge in [0, 0.05) is 5.92 Å². The summed E-state index contributed by atoms with van der Waals surface area (Å²) in [5.74, 6) is 2.91. The molecule has 1 aromatic carbocycles. The van der Waals surface area contributed by atoms with Crippen molar-refractivity contribution in [2.75, 3.05) is 13.7 Å². The molecular formula is C18H24O3. The highest BCUT2D eigenvalue weighted by Gasteiger charge is 2.43. The molecular weight excluding hydrogens is 264 g/mol. The van der Waals surface area contributed by atoms with Crippen molar-refractivity contribution in [1.29, 1.82) is 0 Å². The van der Waals surface area contributed by atoms with E-state index in [0.29, 0.717) is 29.4 Å². The summed E-state index contributed by atoms with van der Waals surface area (Å²) in [6, 6.07) is 5.54. The fourth-order valence-electron chi connectivity index (χ4n) is 4.12. The van der Waals surface area contributed by atoms with Crippen LogP contribution in [0.3, 0.4) is 0 Å². The maximum Gasteiger partial charge on any atom is 0.160 e. The minimum atomic E-state index is 0.0505. The average molecular weight is 288 g/mol. The number of hydrogen-bond donors (Lipinski definition) is 1. The summed E-state index contributed by atoms with van der Waals surface area (Å²) in [5, 5.41) is 9.77. The molecule has 1 aliphatic heterocycles. The van der Waals surface area contributed by atoms with Gasteiger partial charge in [-0.2, -0.15) is 0 Å². The topological polar surface area (TPSA) is 38.7 Å². The summed E-state index contributed by atoms with van der Waals surface area (Å²) >= 11 is 0. The van der Waals surface area contributed by atoms with Crippen molar-refractivity contribution < 1.29 is 14.6 Å². The fourth-order valence-corrected chi connectivity index (χ4v) is 4.12. The number of methoxy groups -OCH3 is 1. The lowest BCUT2D eigenvalue weighted by molar-refractivity contribution is -0.0935. The molecule has 3 rings (SSSR count). The van der Waals surface area contributed by atoms with Gasteiger partial charge in [0.25, 0.3) is 0 Å². The zero-order chi connectivity index (χ0) is 15.1. The molecule has 1 N–H and O–H groups in total. The van der Waals surface area contributed by atoms with E-state index >= 15 is 0 Å². The van der Waals surface area contributed by atoms with E-state index in [1.165, 1.54) is 5.57 Å². The van der Waals surface area contributed by atoms with Gasteiger partial charge >= 0.3 is 0 Å². The SMILES string of the molecule is COc1cc(C2OC[C@@H]3C(C)C=C(C)[C@H]2C3C)ccc1O. The van der Waals surface area contributed by atoms with E-state index in [-0.39, 0.29) is 11.9 Å². The Hall–Kier alpha value is -1.48. The predicted molar refractivity (Wildman–Crippen MR) is 82.4 cm³/mol. The zero-order valence-corrected chi connectivity index (χ0v) is 13.2. The lowest BCUT2D eigenvalue weighted by Gasteiger charge is -2.47. The van der Waals surface area contributed by atoms with Gasteiger partial charge in [-0.15, -0.1) is 0 Å². The summed E-state index contributed by atoms with van der Waals surface area (Å²) in [6.45, 7) is 7.65. The summed E-state index contributed by atoms with van der Waals surface area (Å²) in [6.07, 6.45) is 2.46. The number of benzene rings is 1. The average Bonchev–Trinajstić information content (AvgIpc) is 2.45. The fraction of sp³-hybridized carbons (Fsp3) is 0.556. The number of aromatic hydroxyl groups is 1. The molecule has 3 heteroatoms. The monoisotopic (exact) mass is 288 g/mol. The van der Waals surface area contributed by atoms with E-state index in [9.17, 15) is 5.11 Å². The molecule has 0 saturated carbocycles. The molecule has 5 atom stereocenters. The highest BCUT2D eigenvalue weighted by Crippen LogP contribution is 2.50. The summed E-state index contributed by atoms with van der Waals surface area (Å²) in [5.41, 5.74) is 2.50. The van der Waals surface area contributed by atoms with Crippen molar-refractivity contribution in [2.24, 2.45) is 23.7 Å². The minimum absolute atomic E-state index is 0.0505. The molecule has 1 saturated heterocycles. The second-order valence-corrected chi connectivity index (χ2v) is 6.50. The molecule has 1 heterocycles. The Kier molecular flexibility index (Phi) is 3.70. The van der Waals surface area contributed by atoms with Crippen LogP contribution in [0.15, 0.2) is 29.8 Å². The minimum Gasteiger partial charge on any atom is -0.504 e. The van der Waals surface area contributed by atoms with Crippen LogP contribution in [-0.2, 0) is 4.74 Å². The third-order valence-corrected chi connectivity index (χ3v) is 5.30. The van der Waals surface area contributed by atoms with Crippen LogP contribution in [-0.4, -0.2) is 18.8 Å². The Balaban J connectivity index is 1.98. The molecule has 3 nitrogen and oxygen atoms in total. The Morgan fingerprint density at radius 1 is 1.29 bits per heavy atom. The number of phenolic OH excluding ortho intramolecular Hbond substituents is 1. The van der Waals surface area contributed by atoms with E-state index in [1.807, 2.05) is 12.1 Å². The van der Waals surface area contributed by atoms with E-state index in [1.54, 1.807) is 13.2 Å². The molecule has 1 fully saturated rings. The van der Waals surface area contributed by atoms with Crippen molar-refractivity contribution in [2.45, 2.75) is 26.9 Å². The predicted octanol–water partition coefficient (Wildman–Crippen LogP) is 3.94. The number of ether oxygens (including phenoxy) is 2. The lowest BCUT2D eigenvalue weighted by Crippen LogP contribution is -2.42. The van der Waals surface area contributed by atoms with Crippen LogP contribution < -0.4 is 4.74 Å². The summed E-state index contributed by atoms with van der Waals surface area (Å²) < 4.78 is 11.4. The number of hydrogen-bond acceptors (Lipinski definition) is 3. The molecule has 0 spiro atoms. The summed E-state index contributed by atoms with van der Waals surface area (Å²) in [7, 11) is 1.58. The molecule has 3 unspecified atom stereocenters. The molecule has 1 aromatic rings. The highest BCUT2D eigenvalue weighted by atomic mass is 16.5. The van der Waals surface area contributed by atoms with Crippen molar-refractivity contribution in [3.05, 3.63) is 35.4 Å². The van der Waals surface area contributed by atoms with Gasteiger partial charge in [0.1, 0.15) is 0 Å². The summed E-state index contributed by atoms with van der Waals surface area (Å²) in [4.78, 5) is 0. The van der Waals surface area contributed by atoms with E-state index in [2.05, 4.69) is 26.8 Å². The smallest absolute Gasteiger partial charge is 0.160 e. The first-order valence-electron chi connectivity index (χ1n) is 7.69. The van der Waals surface area contributed by atoms with Crippen LogP contribution in [0.2, 0.25) is 0 Å². The first kappa shape index (κ1) is 14.5. The quantitative estimate of drug-likeness (QED) is 0.838. The Bertz CT molecular complexity index is 564. The van der Waals surface area contributed by atoms with Gasteiger partial charge in [-0.05, 0) is 42.4 Å². The van der Waals surface area contributed by atoms with E-state index in [4.69, 9.17) is 9.47 Å². The lowest BCUT2D eigenvalue weighted by atomic mass is 9.64. The van der Waals surface area contributed by atoms with E-state index in [0.717, 1.165) is 12.2 Å². The Labute approximate surface area is 126 Å². The van der Waals surface area contributed by atoms with Gasteiger partial charge < -0.3 is 14.6 Å². The molecule has 0 amide bonds. The van der Waals surface area contributed by atoms with Gasteiger partial charge in [0.05, 0.1) is 19.8 Å². The highest BCUT2D eigenvalue weighted by molar-refractivity contribution is 5.43. The van der Waals surface area contributed by atoms with Gasteiger partial charge in [-0.3, -0.25) is 0 Å². The zero-order valence-electron chi connectivity index (χ0n) is 13.2. The van der Waals surface area contributed by atoms with Crippen LogP contribution in [0.5, 0.6) is 11.5 Å². The largest absolute Gasteiger partial charge is 0.504 e. The first-order valence-corrected chi connectivity index (χ1v) is 7.69. The van der Waals surface area contributed by atoms with E-state index < -0.39 is 0 Å². The Morgan fingerprint density at radius 3 is 2.76 bits per heavy atom. The van der Waals surface area contributed by atoms with Crippen molar-refractivity contribution in [3.63, 3.8) is 0 Å².